The first-order valence-electron chi connectivity index (χ1n) is 10.2. The van der Waals surface area contributed by atoms with Crippen LogP contribution in [0.15, 0.2) is 18.6 Å². The fraction of sp³-hybridized carbons (Fsp3) is 0.600. The van der Waals surface area contributed by atoms with Crippen LogP contribution in [0, 0.1) is 5.41 Å². The monoisotopic (exact) mass is 382 g/mol. The van der Waals surface area contributed by atoms with Crippen molar-refractivity contribution >= 4 is 11.7 Å². The number of hydrogen-bond donors (Lipinski definition) is 2. The summed E-state index contributed by atoms with van der Waals surface area (Å²) in [6, 6.07) is 0. The second-order valence-corrected chi connectivity index (χ2v) is 8.48. The summed E-state index contributed by atoms with van der Waals surface area (Å²) in [5.41, 5.74) is 2.88. The van der Waals surface area contributed by atoms with Crippen molar-refractivity contribution in [3.8, 4) is 0 Å². The standard InChI is InChI=1S/C20H26N6O2/c27-14-10-20(13-26(12-14)17-11-21-6-7-22-17)4-8-25(9-5-20)19(28)18-15-2-1-3-16(15)23-24-18/h6-7,11,14,27H,1-5,8-10,12-13H2,(H,23,24). The number of H-pyrrole nitrogens is 1. The molecule has 1 unspecified atom stereocenters. The van der Waals surface area contributed by atoms with E-state index in [4.69, 9.17) is 0 Å². The van der Waals surface area contributed by atoms with E-state index in [1.54, 1.807) is 18.6 Å². The Hall–Kier alpha value is -2.48. The van der Waals surface area contributed by atoms with E-state index in [-0.39, 0.29) is 17.4 Å². The second kappa shape index (κ2) is 6.84. The lowest BCUT2D eigenvalue weighted by atomic mass is 9.71. The lowest BCUT2D eigenvalue weighted by molar-refractivity contribution is 0.0243. The highest BCUT2D eigenvalue weighted by Crippen LogP contribution is 2.41. The molecule has 148 valence electrons. The summed E-state index contributed by atoms with van der Waals surface area (Å²) in [7, 11) is 0. The third-order valence-electron chi connectivity index (χ3n) is 6.62. The van der Waals surface area contributed by atoms with Crippen LogP contribution in [-0.2, 0) is 12.8 Å². The minimum absolute atomic E-state index is 0.0134. The van der Waals surface area contributed by atoms with Gasteiger partial charge >= 0.3 is 0 Å². The largest absolute Gasteiger partial charge is 0.391 e. The van der Waals surface area contributed by atoms with Crippen LogP contribution in [0.1, 0.15) is 47.4 Å². The van der Waals surface area contributed by atoms with Crippen LogP contribution >= 0.6 is 0 Å². The van der Waals surface area contributed by atoms with E-state index in [9.17, 15) is 9.90 Å². The Labute approximate surface area is 164 Å². The Morgan fingerprint density at radius 1 is 1.25 bits per heavy atom. The van der Waals surface area contributed by atoms with Crippen molar-refractivity contribution in [3.05, 3.63) is 35.5 Å². The molecule has 0 bridgehead atoms. The predicted octanol–water partition coefficient (Wildman–Crippen LogP) is 1.18. The van der Waals surface area contributed by atoms with E-state index in [1.165, 1.54) is 0 Å². The molecule has 8 nitrogen and oxygen atoms in total. The maximum absolute atomic E-state index is 13.0. The molecule has 2 saturated heterocycles. The van der Waals surface area contributed by atoms with Crippen LogP contribution in [0.2, 0.25) is 0 Å². The van der Waals surface area contributed by atoms with E-state index < -0.39 is 0 Å². The number of piperidine rings is 2. The topological polar surface area (TPSA) is 98.2 Å². The number of carbonyl (C=O) groups excluding carboxylic acids is 1. The van der Waals surface area contributed by atoms with Gasteiger partial charge in [0.15, 0.2) is 5.69 Å². The zero-order valence-electron chi connectivity index (χ0n) is 16.0. The number of rotatable bonds is 2. The predicted molar refractivity (Wildman–Crippen MR) is 103 cm³/mol. The summed E-state index contributed by atoms with van der Waals surface area (Å²) >= 11 is 0. The molecular weight excluding hydrogens is 356 g/mol. The third-order valence-corrected chi connectivity index (χ3v) is 6.62. The van der Waals surface area contributed by atoms with Crippen LogP contribution in [0.4, 0.5) is 5.82 Å². The number of fused-ring (bicyclic) bond motifs is 1. The average Bonchev–Trinajstić information content (AvgIpc) is 3.32. The van der Waals surface area contributed by atoms with Gasteiger partial charge in [0.1, 0.15) is 5.82 Å². The van der Waals surface area contributed by atoms with Gasteiger partial charge in [-0.25, -0.2) is 4.98 Å². The summed E-state index contributed by atoms with van der Waals surface area (Å²) in [6.45, 7) is 2.86. The number of likely N-dealkylation sites (tertiary alicyclic amines) is 1. The van der Waals surface area contributed by atoms with Crippen molar-refractivity contribution in [2.45, 2.75) is 44.6 Å². The molecule has 2 aromatic heterocycles. The first-order valence-corrected chi connectivity index (χ1v) is 10.2. The number of nitrogens with zero attached hydrogens (tertiary/aromatic N) is 5. The molecular formula is C20H26N6O2. The highest BCUT2D eigenvalue weighted by molar-refractivity contribution is 5.94. The van der Waals surface area contributed by atoms with Crippen LogP contribution in [-0.4, -0.2) is 68.4 Å². The number of aromatic amines is 1. The van der Waals surface area contributed by atoms with Crippen LogP contribution < -0.4 is 4.90 Å². The van der Waals surface area contributed by atoms with Crippen LogP contribution in [0.5, 0.6) is 0 Å². The van der Waals surface area contributed by atoms with Gasteiger partial charge in [-0.1, -0.05) is 0 Å². The molecule has 2 aliphatic heterocycles. The van der Waals surface area contributed by atoms with Crippen molar-refractivity contribution in [2.75, 3.05) is 31.1 Å². The zero-order valence-corrected chi connectivity index (χ0v) is 16.0. The fourth-order valence-corrected chi connectivity index (χ4v) is 5.17. The smallest absolute Gasteiger partial charge is 0.274 e. The summed E-state index contributed by atoms with van der Waals surface area (Å²) in [5, 5.41) is 17.8. The molecule has 28 heavy (non-hydrogen) atoms. The molecule has 2 aromatic rings. The molecule has 0 aromatic carbocycles. The third kappa shape index (κ3) is 3.05. The van der Waals surface area contributed by atoms with Gasteiger partial charge in [0.05, 0.1) is 12.3 Å². The molecule has 3 aliphatic rings. The van der Waals surface area contributed by atoms with E-state index in [2.05, 4.69) is 25.1 Å². The van der Waals surface area contributed by atoms with E-state index in [1.807, 2.05) is 4.90 Å². The maximum Gasteiger partial charge on any atom is 0.274 e. The molecule has 4 heterocycles. The number of nitrogens with one attached hydrogen (secondary N) is 1. The highest BCUT2D eigenvalue weighted by atomic mass is 16.3. The van der Waals surface area contributed by atoms with Gasteiger partial charge < -0.3 is 14.9 Å². The van der Waals surface area contributed by atoms with Gasteiger partial charge in [-0.15, -0.1) is 0 Å². The first-order chi connectivity index (χ1) is 13.6. The molecule has 2 fully saturated rings. The van der Waals surface area contributed by atoms with Gasteiger partial charge in [-0.05, 0) is 43.9 Å². The SMILES string of the molecule is O=C(c1n[nH]c2c1CCC2)N1CCC2(CC1)CC(O)CN(c1cnccn1)C2. The minimum atomic E-state index is -0.382. The Kier molecular flexibility index (Phi) is 4.30. The first kappa shape index (κ1) is 17.6. The maximum atomic E-state index is 13.0. The number of aliphatic hydroxyl groups is 1. The van der Waals surface area contributed by atoms with Crippen molar-refractivity contribution < 1.29 is 9.90 Å². The lowest BCUT2D eigenvalue weighted by Gasteiger charge is -2.49. The summed E-state index contributed by atoms with van der Waals surface area (Å²) in [6.07, 6.45) is 10.3. The number of β-amino-alcohol motifs (C(OH)–C–C–N with tert-alkyl or cyclic N) is 1. The normalized spacial score (nSPS) is 23.8. The molecule has 1 spiro atoms. The summed E-state index contributed by atoms with van der Waals surface area (Å²) in [4.78, 5) is 25.6. The molecule has 1 aliphatic carbocycles. The van der Waals surface area contributed by atoms with Crippen molar-refractivity contribution in [3.63, 3.8) is 0 Å². The number of aryl methyl sites for hydroxylation is 1. The molecule has 8 heteroatoms. The number of anilines is 1. The highest BCUT2D eigenvalue weighted by Gasteiger charge is 2.43. The Balaban J connectivity index is 1.28. The Morgan fingerprint density at radius 2 is 2.11 bits per heavy atom. The Morgan fingerprint density at radius 3 is 2.89 bits per heavy atom. The number of amides is 1. The zero-order chi connectivity index (χ0) is 19.1. The number of aliphatic hydroxyl groups excluding tert-OH is 1. The van der Waals surface area contributed by atoms with Gasteiger partial charge in [-0.3, -0.25) is 14.9 Å². The molecule has 2 N–H and O–H groups in total. The lowest BCUT2D eigenvalue weighted by Crippen LogP contribution is -2.54. The van der Waals surface area contributed by atoms with E-state index in [0.29, 0.717) is 25.3 Å². The van der Waals surface area contributed by atoms with E-state index in [0.717, 1.165) is 62.1 Å². The molecule has 0 radical (unpaired) electrons. The molecule has 1 amide bonds. The molecule has 5 rings (SSSR count). The molecule has 0 saturated carbocycles. The Bertz CT molecular complexity index is 859. The van der Waals surface area contributed by atoms with Gasteiger partial charge in [-0.2, -0.15) is 5.10 Å². The summed E-state index contributed by atoms with van der Waals surface area (Å²) in [5.74, 6) is 0.864. The number of carbonyl (C=O) groups is 1. The van der Waals surface area contributed by atoms with E-state index >= 15 is 0 Å². The molecule has 1 atom stereocenters. The summed E-state index contributed by atoms with van der Waals surface area (Å²) < 4.78 is 0. The quantitative estimate of drug-likeness (QED) is 0.809. The van der Waals surface area contributed by atoms with Gasteiger partial charge in [0, 0.05) is 49.8 Å². The van der Waals surface area contributed by atoms with Gasteiger partial charge in [0.2, 0.25) is 0 Å². The fourth-order valence-electron chi connectivity index (χ4n) is 5.17. The second-order valence-electron chi connectivity index (χ2n) is 8.48. The van der Waals surface area contributed by atoms with Gasteiger partial charge in [0.25, 0.3) is 5.91 Å². The van der Waals surface area contributed by atoms with Crippen molar-refractivity contribution in [1.29, 1.82) is 0 Å². The van der Waals surface area contributed by atoms with Crippen LogP contribution in [0.25, 0.3) is 0 Å². The average molecular weight is 382 g/mol. The number of hydrogen-bond acceptors (Lipinski definition) is 6. The van der Waals surface area contributed by atoms with Crippen LogP contribution in [0.3, 0.4) is 0 Å². The number of aromatic nitrogens is 4. The van der Waals surface area contributed by atoms with Crippen molar-refractivity contribution in [2.24, 2.45) is 5.41 Å². The minimum Gasteiger partial charge on any atom is -0.391 e. The van der Waals surface area contributed by atoms with Crippen molar-refractivity contribution in [1.82, 2.24) is 25.1 Å².